The Hall–Kier alpha value is -2.73. The number of fused-ring (bicyclic) bond motifs is 1. The van der Waals surface area contributed by atoms with E-state index in [1.54, 1.807) is 19.4 Å². The maximum atomic E-state index is 12.0. The lowest BCUT2D eigenvalue weighted by Gasteiger charge is -2.01. The van der Waals surface area contributed by atoms with Crippen LogP contribution in [0.5, 0.6) is 5.75 Å². The van der Waals surface area contributed by atoms with Gasteiger partial charge >= 0.3 is 0 Å². The van der Waals surface area contributed by atoms with Crippen LogP contribution in [0, 0.1) is 0 Å². The third kappa shape index (κ3) is 3.12. The molecule has 2 aromatic carbocycles. The topological polar surface area (TPSA) is 63.6 Å². The Morgan fingerprint density at radius 1 is 1.18 bits per heavy atom. The van der Waals surface area contributed by atoms with Gasteiger partial charge in [0.05, 0.1) is 24.2 Å². The van der Waals surface area contributed by atoms with Crippen molar-refractivity contribution < 1.29 is 4.74 Å². The highest BCUT2D eigenvalue weighted by Crippen LogP contribution is 2.14. The summed E-state index contributed by atoms with van der Waals surface area (Å²) in [6.07, 6.45) is 1.66. The molecule has 1 aromatic heterocycles. The number of nitrogens with zero attached hydrogens (tertiary/aromatic N) is 2. The molecule has 0 radical (unpaired) electrons. The first-order valence-electron chi connectivity index (χ1n) is 6.59. The van der Waals surface area contributed by atoms with Gasteiger partial charge < -0.3 is 4.74 Å². The molecule has 0 saturated carbocycles. The Morgan fingerprint density at radius 3 is 2.73 bits per heavy atom. The molecule has 0 unspecified atom stereocenters. The maximum Gasteiger partial charge on any atom is 0.245 e. The van der Waals surface area contributed by atoms with Crippen LogP contribution in [0.4, 0.5) is 5.13 Å². The van der Waals surface area contributed by atoms with Crippen LogP contribution in [0.3, 0.4) is 0 Å². The smallest absolute Gasteiger partial charge is 0.245 e. The number of anilines is 1. The number of hydrazone groups is 1. The highest BCUT2D eigenvalue weighted by molar-refractivity contribution is 7.13. The summed E-state index contributed by atoms with van der Waals surface area (Å²) in [5.41, 5.74) is 4.38. The fourth-order valence-corrected chi connectivity index (χ4v) is 2.62. The Bertz CT molecular complexity index is 872. The third-order valence-electron chi connectivity index (χ3n) is 3.02. The van der Waals surface area contributed by atoms with Gasteiger partial charge in [-0.3, -0.25) is 10.2 Å². The van der Waals surface area contributed by atoms with Crippen molar-refractivity contribution in [2.75, 3.05) is 12.5 Å². The number of hydrogen-bond acceptors (Lipinski definition) is 6. The second kappa shape index (κ2) is 6.36. The molecule has 0 atom stereocenters. The van der Waals surface area contributed by atoms with Crippen LogP contribution >= 0.6 is 11.3 Å². The Labute approximate surface area is 130 Å². The van der Waals surface area contributed by atoms with Crippen LogP contribution in [0.1, 0.15) is 5.56 Å². The van der Waals surface area contributed by atoms with Crippen LogP contribution in [0.2, 0.25) is 0 Å². The van der Waals surface area contributed by atoms with Crippen molar-refractivity contribution in [2.45, 2.75) is 0 Å². The largest absolute Gasteiger partial charge is 0.497 e. The molecule has 1 heterocycles. The fraction of sp³-hybridized carbons (Fsp3) is 0.0625. The van der Waals surface area contributed by atoms with Gasteiger partial charge in [0.1, 0.15) is 5.75 Å². The van der Waals surface area contributed by atoms with Crippen LogP contribution in [0.15, 0.2) is 58.4 Å². The highest BCUT2D eigenvalue weighted by Gasteiger charge is 2.02. The minimum Gasteiger partial charge on any atom is -0.497 e. The van der Waals surface area contributed by atoms with Crippen molar-refractivity contribution in [2.24, 2.45) is 5.10 Å². The quantitative estimate of drug-likeness (QED) is 0.594. The third-order valence-corrected chi connectivity index (χ3v) is 3.81. The van der Waals surface area contributed by atoms with Crippen molar-refractivity contribution in [3.8, 4) is 5.75 Å². The summed E-state index contributed by atoms with van der Waals surface area (Å²) in [5, 5.41) is 5.20. The van der Waals surface area contributed by atoms with Gasteiger partial charge in [0.2, 0.25) is 9.87 Å². The minimum atomic E-state index is -0.0345. The molecule has 0 amide bonds. The van der Waals surface area contributed by atoms with E-state index >= 15 is 0 Å². The molecule has 110 valence electrons. The summed E-state index contributed by atoms with van der Waals surface area (Å²) in [5.74, 6) is 0.791. The number of para-hydroxylation sites is 1. The van der Waals surface area contributed by atoms with Crippen LogP contribution in [-0.4, -0.2) is 18.3 Å². The van der Waals surface area contributed by atoms with Crippen molar-refractivity contribution in [1.82, 2.24) is 4.98 Å². The standard InChI is InChI=1S/C16H13N3O2S/c1-21-12-8-6-11(7-9-12)10-17-19-16-18-14-5-3-2-4-13(14)15(20)22-16/h2-10H,1H3,(H,18,19)/b17-10-. The number of rotatable bonds is 4. The monoisotopic (exact) mass is 311 g/mol. The fourth-order valence-electron chi connectivity index (χ4n) is 1.92. The first-order chi connectivity index (χ1) is 10.8. The van der Waals surface area contributed by atoms with E-state index in [2.05, 4.69) is 15.5 Å². The Balaban J connectivity index is 1.78. The number of ether oxygens (including phenoxy) is 1. The van der Waals surface area contributed by atoms with Crippen molar-refractivity contribution in [3.05, 3.63) is 63.6 Å². The lowest BCUT2D eigenvalue weighted by molar-refractivity contribution is 0.415. The molecule has 0 fully saturated rings. The van der Waals surface area contributed by atoms with Crippen molar-refractivity contribution in [3.63, 3.8) is 0 Å². The summed E-state index contributed by atoms with van der Waals surface area (Å²) in [4.78, 5) is 16.3. The summed E-state index contributed by atoms with van der Waals surface area (Å²) in [7, 11) is 1.62. The molecule has 6 heteroatoms. The van der Waals surface area contributed by atoms with Gasteiger partial charge in [0.25, 0.3) is 0 Å². The molecule has 0 spiro atoms. The molecule has 0 aliphatic carbocycles. The van der Waals surface area contributed by atoms with Gasteiger partial charge in [-0.2, -0.15) is 5.10 Å². The normalized spacial score (nSPS) is 11.0. The summed E-state index contributed by atoms with van der Waals surface area (Å²) < 4.78 is 5.06. The van der Waals surface area contributed by atoms with Gasteiger partial charge in [-0.1, -0.05) is 23.5 Å². The average molecular weight is 311 g/mol. The van der Waals surface area contributed by atoms with E-state index in [-0.39, 0.29) is 4.74 Å². The first-order valence-corrected chi connectivity index (χ1v) is 7.41. The van der Waals surface area contributed by atoms with E-state index in [9.17, 15) is 4.79 Å². The molecular weight excluding hydrogens is 298 g/mol. The van der Waals surface area contributed by atoms with E-state index in [0.717, 1.165) is 22.6 Å². The molecule has 0 saturated heterocycles. The number of hydrogen-bond donors (Lipinski definition) is 1. The number of benzene rings is 2. The lowest BCUT2D eigenvalue weighted by Crippen LogP contribution is -2.00. The minimum absolute atomic E-state index is 0.0345. The van der Waals surface area contributed by atoms with Crippen LogP contribution in [-0.2, 0) is 0 Å². The number of aromatic nitrogens is 1. The first kappa shape index (κ1) is 14.2. The number of nitrogens with one attached hydrogen (secondary N) is 1. The van der Waals surface area contributed by atoms with Crippen LogP contribution < -0.4 is 14.9 Å². The maximum absolute atomic E-state index is 12.0. The van der Waals surface area contributed by atoms with Gasteiger partial charge in [-0.25, -0.2) is 4.98 Å². The number of methoxy groups -OCH3 is 1. The predicted octanol–water partition coefficient (Wildman–Crippen LogP) is 3.11. The van der Waals surface area contributed by atoms with Gasteiger partial charge in [0.15, 0.2) is 0 Å². The summed E-state index contributed by atoms with van der Waals surface area (Å²) in [6.45, 7) is 0. The van der Waals surface area contributed by atoms with Gasteiger partial charge in [0, 0.05) is 0 Å². The zero-order valence-corrected chi connectivity index (χ0v) is 12.6. The Morgan fingerprint density at radius 2 is 1.95 bits per heavy atom. The van der Waals surface area contributed by atoms with Gasteiger partial charge in [-0.15, -0.1) is 0 Å². The zero-order valence-electron chi connectivity index (χ0n) is 11.8. The molecular formula is C16H13N3O2S. The molecule has 5 nitrogen and oxygen atoms in total. The molecule has 3 aromatic rings. The van der Waals surface area contributed by atoms with Crippen LogP contribution in [0.25, 0.3) is 10.9 Å². The average Bonchev–Trinajstić information content (AvgIpc) is 2.56. The lowest BCUT2D eigenvalue weighted by atomic mass is 10.2. The molecule has 0 bridgehead atoms. The van der Waals surface area contributed by atoms with E-state index in [0.29, 0.717) is 16.0 Å². The van der Waals surface area contributed by atoms with Crippen molar-refractivity contribution >= 4 is 33.6 Å². The molecule has 0 aliphatic rings. The van der Waals surface area contributed by atoms with E-state index < -0.39 is 0 Å². The predicted molar refractivity (Wildman–Crippen MR) is 90.1 cm³/mol. The molecule has 3 rings (SSSR count). The molecule has 1 N–H and O–H groups in total. The van der Waals surface area contributed by atoms with Gasteiger partial charge in [-0.05, 0) is 42.0 Å². The highest BCUT2D eigenvalue weighted by atomic mass is 32.1. The van der Waals surface area contributed by atoms with E-state index in [1.807, 2.05) is 42.5 Å². The zero-order chi connectivity index (χ0) is 15.4. The van der Waals surface area contributed by atoms with E-state index in [4.69, 9.17) is 4.74 Å². The second-order valence-corrected chi connectivity index (χ2v) is 5.43. The second-order valence-electron chi connectivity index (χ2n) is 4.47. The molecule has 22 heavy (non-hydrogen) atoms. The summed E-state index contributed by atoms with van der Waals surface area (Å²) in [6, 6.07) is 14.7. The Kier molecular flexibility index (Phi) is 4.11. The molecule has 0 aliphatic heterocycles. The summed E-state index contributed by atoms with van der Waals surface area (Å²) >= 11 is 1.04. The SMILES string of the molecule is COc1ccc(/C=N\Nc2nc3ccccc3c(=O)s2)cc1. The van der Waals surface area contributed by atoms with E-state index in [1.165, 1.54) is 0 Å². The van der Waals surface area contributed by atoms with Crippen molar-refractivity contribution in [1.29, 1.82) is 0 Å².